The van der Waals surface area contributed by atoms with E-state index in [1.807, 2.05) is 0 Å². The number of halogens is 2. The lowest BCUT2D eigenvalue weighted by molar-refractivity contribution is 0.0690. The highest BCUT2D eigenvalue weighted by Crippen LogP contribution is 2.22. The van der Waals surface area contributed by atoms with Crippen molar-refractivity contribution in [3.8, 4) is 0 Å². The number of anilines is 2. The van der Waals surface area contributed by atoms with Gasteiger partial charge in [0, 0.05) is 17.6 Å². The molecule has 0 aliphatic rings. The van der Waals surface area contributed by atoms with Gasteiger partial charge >= 0.3 is 5.97 Å². The normalized spacial score (nSPS) is 10.1. The number of pyridine rings is 1. The molecular formula is C12H8BrFN2O2. The van der Waals surface area contributed by atoms with Crippen LogP contribution in [0.15, 0.2) is 41.0 Å². The Balaban J connectivity index is 2.25. The lowest BCUT2D eigenvalue weighted by atomic mass is 10.2. The van der Waals surface area contributed by atoms with Crippen LogP contribution in [0, 0.1) is 5.82 Å². The van der Waals surface area contributed by atoms with Crippen molar-refractivity contribution in [2.75, 3.05) is 5.32 Å². The summed E-state index contributed by atoms with van der Waals surface area (Å²) in [4.78, 5) is 14.4. The van der Waals surface area contributed by atoms with Crippen LogP contribution in [0.25, 0.3) is 0 Å². The molecule has 0 atom stereocenters. The van der Waals surface area contributed by atoms with Gasteiger partial charge in [0.05, 0.1) is 4.47 Å². The number of aromatic carboxylic acids is 1. The van der Waals surface area contributed by atoms with Crippen LogP contribution >= 0.6 is 15.9 Å². The molecule has 0 spiro atoms. The second-order valence-corrected chi connectivity index (χ2v) is 4.34. The Morgan fingerprint density at radius 3 is 2.67 bits per heavy atom. The fourth-order valence-electron chi connectivity index (χ4n) is 1.37. The van der Waals surface area contributed by atoms with Crippen LogP contribution < -0.4 is 5.32 Å². The smallest absolute Gasteiger partial charge is 0.354 e. The van der Waals surface area contributed by atoms with Crippen LogP contribution in [-0.2, 0) is 0 Å². The van der Waals surface area contributed by atoms with Gasteiger partial charge in [-0.25, -0.2) is 14.2 Å². The van der Waals surface area contributed by atoms with Crippen molar-refractivity contribution in [2.24, 2.45) is 0 Å². The third-order valence-corrected chi connectivity index (χ3v) is 2.83. The Kier molecular flexibility index (Phi) is 3.57. The first kappa shape index (κ1) is 12.5. The summed E-state index contributed by atoms with van der Waals surface area (Å²) in [6.07, 6.45) is 1.38. The molecule has 0 saturated carbocycles. The number of hydrogen-bond donors (Lipinski definition) is 2. The number of rotatable bonds is 3. The average Bonchev–Trinajstić information content (AvgIpc) is 2.34. The third kappa shape index (κ3) is 2.84. The molecular weight excluding hydrogens is 303 g/mol. The molecule has 0 unspecified atom stereocenters. The van der Waals surface area contributed by atoms with E-state index in [2.05, 4.69) is 26.2 Å². The zero-order valence-electron chi connectivity index (χ0n) is 9.02. The predicted octanol–water partition coefficient (Wildman–Crippen LogP) is 3.43. The summed E-state index contributed by atoms with van der Waals surface area (Å²) >= 11 is 3.05. The lowest BCUT2D eigenvalue weighted by Crippen LogP contribution is -2.01. The maximum absolute atomic E-state index is 13.3. The summed E-state index contributed by atoms with van der Waals surface area (Å²) in [6.45, 7) is 0. The summed E-state index contributed by atoms with van der Waals surface area (Å²) in [5.74, 6) is -1.51. The van der Waals surface area contributed by atoms with Crippen molar-refractivity contribution >= 4 is 33.3 Å². The number of benzene rings is 1. The van der Waals surface area contributed by atoms with E-state index in [-0.39, 0.29) is 5.69 Å². The third-order valence-electron chi connectivity index (χ3n) is 2.19. The molecule has 18 heavy (non-hydrogen) atoms. The van der Waals surface area contributed by atoms with Gasteiger partial charge in [0.1, 0.15) is 11.5 Å². The van der Waals surface area contributed by atoms with E-state index in [0.29, 0.717) is 15.8 Å². The van der Waals surface area contributed by atoms with E-state index in [1.165, 1.54) is 18.3 Å². The number of nitrogens with zero attached hydrogens (tertiary/aromatic N) is 1. The van der Waals surface area contributed by atoms with Crippen molar-refractivity contribution in [2.45, 2.75) is 0 Å². The number of carbonyl (C=O) groups is 1. The summed E-state index contributed by atoms with van der Waals surface area (Å²) < 4.78 is 13.7. The zero-order chi connectivity index (χ0) is 13.1. The molecule has 4 nitrogen and oxygen atoms in total. The Labute approximate surface area is 111 Å². The van der Waals surface area contributed by atoms with Gasteiger partial charge in [-0.05, 0) is 46.3 Å². The molecule has 2 aromatic rings. The summed E-state index contributed by atoms with van der Waals surface area (Å²) in [5, 5.41) is 11.7. The van der Waals surface area contributed by atoms with Crippen LogP contribution in [0.3, 0.4) is 0 Å². The maximum atomic E-state index is 13.3. The topological polar surface area (TPSA) is 62.2 Å². The fourth-order valence-corrected chi connectivity index (χ4v) is 1.61. The molecule has 0 aliphatic carbocycles. The first-order valence-electron chi connectivity index (χ1n) is 4.97. The average molecular weight is 311 g/mol. The van der Waals surface area contributed by atoms with Gasteiger partial charge in [-0.3, -0.25) is 0 Å². The van der Waals surface area contributed by atoms with Crippen LogP contribution in [0.2, 0.25) is 0 Å². The van der Waals surface area contributed by atoms with Gasteiger partial charge in [0.25, 0.3) is 0 Å². The molecule has 2 N–H and O–H groups in total. The largest absolute Gasteiger partial charge is 0.477 e. The van der Waals surface area contributed by atoms with E-state index < -0.39 is 11.8 Å². The summed E-state index contributed by atoms with van der Waals surface area (Å²) in [7, 11) is 0. The summed E-state index contributed by atoms with van der Waals surface area (Å²) in [5.41, 5.74) is 0.986. The minimum absolute atomic E-state index is 0.0717. The molecule has 0 aliphatic heterocycles. The second-order valence-electron chi connectivity index (χ2n) is 3.49. The molecule has 0 radical (unpaired) electrons. The van der Waals surface area contributed by atoms with Crippen LogP contribution in [0.5, 0.6) is 0 Å². The molecule has 1 heterocycles. The van der Waals surface area contributed by atoms with Crippen LogP contribution in [-0.4, -0.2) is 16.1 Å². The Bertz CT molecular complexity index is 604. The Morgan fingerprint density at radius 1 is 1.28 bits per heavy atom. The number of nitrogens with one attached hydrogen (secondary N) is 1. The first-order chi connectivity index (χ1) is 8.56. The fraction of sp³-hybridized carbons (Fsp3) is 0. The van der Waals surface area contributed by atoms with E-state index in [0.717, 1.165) is 0 Å². The van der Waals surface area contributed by atoms with Crippen LogP contribution in [0.1, 0.15) is 10.5 Å². The highest BCUT2D eigenvalue weighted by atomic mass is 79.9. The molecule has 2 rings (SSSR count). The van der Waals surface area contributed by atoms with Gasteiger partial charge < -0.3 is 10.4 Å². The molecule has 0 fully saturated rings. The molecule has 92 valence electrons. The SMILES string of the molecule is O=C(O)c1cc(Nc2ccc(Br)c(F)c2)ccn1. The Morgan fingerprint density at radius 2 is 2.00 bits per heavy atom. The molecule has 1 aromatic carbocycles. The minimum atomic E-state index is -1.11. The highest BCUT2D eigenvalue weighted by Gasteiger charge is 2.06. The second kappa shape index (κ2) is 5.14. The van der Waals surface area contributed by atoms with E-state index in [1.54, 1.807) is 18.2 Å². The summed E-state index contributed by atoms with van der Waals surface area (Å²) in [6, 6.07) is 7.53. The molecule has 0 saturated heterocycles. The predicted molar refractivity (Wildman–Crippen MR) is 68.6 cm³/mol. The molecule has 0 bridgehead atoms. The standard InChI is InChI=1S/C12H8BrFN2O2/c13-9-2-1-7(5-10(9)14)16-8-3-4-15-11(6-8)12(17)18/h1-6H,(H,15,16)(H,17,18). The van der Waals surface area contributed by atoms with Crippen molar-refractivity contribution in [1.29, 1.82) is 0 Å². The number of carboxylic acids is 1. The van der Waals surface area contributed by atoms with Gasteiger partial charge in [-0.15, -0.1) is 0 Å². The maximum Gasteiger partial charge on any atom is 0.354 e. The van der Waals surface area contributed by atoms with Gasteiger partial charge in [-0.1, -0.05) is 0 Å². The highest BCUT2D eigenvalue weighted by molar-refractivity contribution is 9.10. The molecule has 6 heteroatoms. The molecule has 1 aromatic heterocycles. The molecule has 0 amide bonds. The number of carboxylic acid groups (broad SMARTS) is 1. The van der Waals surface area contributed by atoms with Crippen molar-refractivity contribution in [3.63, 3.8) is 0 Å². The Hall–Kier alpha value is -1.95. The first-order valence-corrected chi connectivity index (χ1v) is 5.77. The van der Waals surface area contributed by atoms with E-state index in [4.69, 9.17) is 5.11 Å². The van der Waals surface area contributed by atoms with Gasteiger partial charge in [0.15, 0.2) is 0 Å². The van der Waals surface area contributed by atoms with Gasteiger partial charge in [-0.2, -0.15) is 0 Å². The quantitative estimate of drug-likeness (QED) is 0.911. The number of hydrogen-bond acceptors (Lipinski definition) is 3. The van der Waals surface area contributed by atoms with E-state index in [9.17, 15) is 9.18 Å². The van der Waals surface area contributed by atoms with Crippen molar-refractivity contribution in [1.82, 2.24) is 4.98 Å². The zero-order valence-corrected chi connectivity index (χ0v) is 10.6. The van der Waals surface area contributed by atoms with Gasteiger partial charge in [0.2, 0.25) is 0 Å². The minimum Gasteiger partial charge on any atom is -0.477 e. The van der Waals surface area contributed by atoms with Crippen molar-refractivity contribution in [3.05, 3.63) is 52.5 Å². The van der Waals surface area contributed by atoms with Crippen LogP contribution in [0.4, 0.5) is 15.8 Å². The monoisotopic (exact) mass is 310 g/mol. The van der Waals surface area contributed by atoms with Crippen molar-refractivity contribution < 1.29 is 14.3 Å². The number of aromatic nitrogens is 1. The lowest BCUT2D eigenvalue weighted by Gasteiger charge is -2.07. The van der Waals surface area contributed by atoms with E-state index >= 15 is 0 Å².